The van der Waals surface area contributed by atoms with Gasteiger partial charge in [-0.1, -0.05) is 13.8 Å². The summed E-state index contributed by atoms with van der Waals surface area (Å²) >= 11 is 4.86. The summed E-state index contributed by atoms with van der Waals surface area (Å²) in [4.78, 5) is 35.4. The quantitative estimate of drug-likeness (QED) is 0.475. The van der Waals surface area contributed by atoms with Crippen LogP contribution in [-0.2, 0) is 4.79 Å². The van der Waals surface area contributed by atoms with E-state index in [9.17, 15) is 9.59 Å². The number of fused-ring (bicyclic) bond motifs is 5. The molecule has 1 aliphatic rings. The standard InChI is InChI=1S/C19H19BrN6O2S/c1-19(2)3-4-25(9-19)8-13(27)22-10-5-11-15(21-6-10)16-14(17(28)23-11)18-26(24-16)7-12(20)29-18/h5-7H,3-4,8-9H2,1-2H3,(H,22,27)(H,23,28). The normalized spacial score (nSPS) is 16.9. The number of hydrogen-bond donors (Lipinski definition) is 2. The summed E-state index contributed by atoms with van der Waals surface area (Å²) in [5.41, 5.74) is 2.29. The zero-order valence-corrected chi connectivity index (χ0v) is 18.4. The maximum Gasteiger partial charge on any atom is 0.261 e. The van der Waals surface area contributed by atoms with Gasteiger partial charge in [-0.2, -0.15) is 5.10 Å². The molecule has 0 aromatic carbocycles. The summed E-state index contributed by atoms with van der Waals surface area (Å²) in [7, 11) is 0. The fourth-order valence-corrected chi connectivity index (χ4v) is 5.42. The number of H-pyrrole nitrogens is 1. The van der Waals surface area contributed by atoms with Crippen molar-refractivity contribution in [3.05, 3.63) is 32.6 Å². The SMILES string of the molecule is CC1(C)CCN(CC(=O)Nc2cnc3c(c2)[nH]c(=O)c2c3nn3cc(Br)sc23)C1. The molecule has 0 radical (unpaired) electrons. The first kappa shape index (κ1) is 18.7. The second kappa shape index (κ2) is 6.61. The third kappa shape index (κ3) is 3.34. The minimum absolute atomic E-state index is 0.0837. The number of aromatic nitrogens is 4. The van der Waals surface area contributed by atoms with E-state index in [1.54, 1.807) is 16.8 Å². The van der Waals surface area contributed by atoms with Gasteiger partial charge in [0.1, 0.15) is 21.3 Å². The lowest BCUT2D eigenvalue weighted by Crippen LogP contribution is -2.32. The minimum atomic E-state index is -0.221. The summed E-state index contributed by atoms with van der Waals surface area (Å²) in [5.74, 6) is -0.0837. The fraction of sp³-hybridized carbons (Fsp3) is 0.368. The number of pyridine rings is 2. The van der Waals surface area contributed by atoms with Crippen molar-refractivity contribution in [2.75, 3.05) is 25.0 Å². The number of thiazole rings is 1. The second-order valence-corrected chi connectivity index (χ2v) is 10.7. The van der Waals surface area contributed by atoms with Crippen LogP contribution < -0.4 is 10.9 Å². The van der Waals surface area contributed by atoms with Gasteiger partial charge in [-0.05, 0) is 40.4 Å². The number of nitrogens with one attached hydrogen (secondary N) is 2. The smallest absolute Gasteiger partial charge is 0.261 e. The van der Waals surface area contributed by atoms with Crippen molar-refractivity contribution in [3.8, 4) is 0 Å². The summed E-state index contributed by atoms with van der Waals surface area (Å²) in [6, 6.07) is 1.73. The van der Waals surface area contributed by atoms with Crippen molar-refractivity contribution in [2.45, 2.75) is 20.3 Å². The molecule has 0 unspecified atom stereocenters. The molecule has 1 aliphatic heterocycles. The number of nitrogens with zero attached hydrogens (tertiary/aromatic N) is 4. The lowest BCUT2D eigenvalue weighted by atomic mass is 9.93. The predicted molar refractivity (Wildman–Crippen MR) is 118 cm³/mol. The van der Waals surface area contributed by atoms with E-state index < -0.39 is 0 Å². The number of carbonyl (C=O) groups excluding carboxylic acids is 1. The number of likely N-dealkylation sites (tertiary alicyclic amines) is 1. The maximum absolute atomic E-state index is 12.7. The molecule has 0 atom stereocenters. The molecule has 4 aromatic rings. The van der Waals surface area contributed by atoms with Crippen molar-refractivity contribution < 1.29 is 4.79 Å². The Hall–Kier alpha value is -2.30. The van der Waals surface area contributed by atoms with E-state index >= 15 is 0 Å². The Bertz CT molecular complexity index is 1340. The number of amides is 1. The van der Waals surface area contributed by atoms with Crippen LogP contribution in [0.1, 0.15) is 20.3 Å². The zero-order chi connectivity index (χ0) is 20.3. The Morgan fingerprint density at radius 2 is 2.24 bits per heavy atom. The number of carbonyl (C=O) groups is 1. The highest BCUT2D eigenvalue weighted by atomic mass is 79.9. The number of aromatic amines is 1. The molecule has 1 fully saturated rings. The van der Waals surface area contributed by atoms with Gasteiger partial charge >= 0.3 is 0 Å². The van der Waals surface area contributed by atoms with Crippen LogP contribution >= 0.6 is 27.3 Å². The molecule has 1 amide bonds. The number of halogens is 1. The highest BCUT2D eigenvalue weighted by molar-refractivity contribution is 9.11. The van der Waals surface area contributed by atoms with Crippen LogP contribution in [0.25, 0.3) is 26.8 Å². The number of rotatable bonds is 3. The second-order valence-electron chi connectivity index (χ2n) is 8.26. The van der Waals surface area contributed by atoms with Gasteiger partial charge in [0, 0.05) is 6.54 Å². The lowest BCUT2D eigenvalue weighted by molar-refractivity contribution is -0.117. The molecule has 10 heteroatoms. The van der Waals surface area contributed by atoms with E-state index in [4.69, 9.17) is 0 Å². The van der Waals surface area contributed by atoms with Crippen LogP contribution in [0.3, 0.4) is 0 Å². The van der Waals surface area contributed by atoms with Crippen molar-refractivity contribution in [2.24, 2.45) is 5.41 Å². The Kier molecular flexibility index (Phi) is 4.27. The summed E-state index contributed by atoms with van der Waals surface area (Å²) in [6.07, 6.45) is 4.52. The summed E-state index contributed by atoms with van der Waals surface area (Å²) < 4.78 is 2.58. The van der Waals surface area contributed by atoms with E-state index in [2.05, 4.69) is 55.1 Å². The lowest BCUT2D eigenvalue weighted by Gasteiger charge is -2.19. The van der Waals surface area contributed by atoms with Gasteiger partial charge < -0.3 is 10.3 Å². The van der Waals surface area contributed by atoms with E-state index in [0.29, 0.717) is 34.2 Å². The molecule has 150 valence electrons. The van der Waals surface area contributed by atoms with Crippen molar-refractivity contribution in [1.82, 2.24) is 24.5 Å². The van der Waals surface area contributed by atoms with Gasteiger partial charge in [-0.15, -0.1) is 11.3 Å². The monoisotopic (exact) mass is 474 g/mol. The van der Waals surface area contributed by atoms with Crippen LogP contribution in [0.15, 0.2) is 27.0 Å². The minimum Gasteiger partial charge on any atom is -0.324 e. The van der Waals surface area contributed by atoms with Crippen LogP contribution in [0, 0.1) is 5.41 Å². The molecule has 4 aromatic heterocycles. The molecular formula is C19H19BrN6O2S. The number of hydrogen-bond acceptors (Lipinski definition) is 6. The van der Waals surface area contributed by atoms with Crippen molar-refractivity contribution in [3.63, 3.8) is 0 Å². The fourth-order valence-electron chi connectivity index (χ4n) is 3.95. The van der Waals surface area contributed by atoms with Gasteiger partial charge in [0.2, 0.25) is 5.91 Å². The topological polar surface area (TPSA) is 95.4 Å². The molecule has 0 bridgehead atoms. The zero-order valence-electron chi connectivity index (χ0n) is 16.0. The predicted octanol–water partition coefficient (Wildman–Crippen LogP) is 3.22. The first-order chi connectivity index (χ1) is 13.8. The third-order valence-corrected chi connectivity index (χ3v) is 6.85. The van der Waals surface area contributed by atoms with Crippen molar-refractivity contribution in [1.29, 1.82) is 0 Å². The number of anilines is 1. The van der Waals surface area contributed by atoms with Gasteiger partial charge in [0.15, 0.2) is 0 Å². The Balaban J connectivity index is 1.45. The summed E-state index contributed by atoms with van der Waals surface area (Å²) in [6.45, 7) is 6.62. The first-order valence-corrected chi connectivity index (χ1v) is 10.9. The molecule has 0 spiro atoms. The first-order valence-electron chi connectivity index (χ1n) is 9.31. The van der Waals surface area contributed by atoms with Crippen LogP contribution in [-0.4, -0.2) is 50.0 Å². The maximum atomic E-state index is 12.7. The molecule has 5 heterocycles. The molecule has 8 nitrogen and oxygen atoms in total. The Morgan fingerprint density at radius 3 is 3.00 bits per heavy atom. The van der Waals surface area contributed by atoms with Gasteiger partial charge in [0.05, 0.1) is 33.9 Å². The molecular weight excluding hydrogens is 456 g/mol. The van der Waals surface area contributed by atoms with Gasteiger partial charge in [-0.25, -0.2) is 4.52 Å². The highest BCUT2D eigenvalue weighted by Gasteiger charge is 2.30. The van der Waals surface area contributed by atoms with E-state index in [0.717, 1.165) is 28.1 Å². The Morgan fingerprint density at radius 1 is 1.41 bits per heavy atom. The van der Waals surface area contributed by atoms with E-state index in [1.165, 1.54) is 11.3 Å². The highest BCUT2D eigenvalue weighted by Crippen LogP contribution is 2.31. The molecule has 1 saturated heterocycles. The van der Waals surface area contributed by atoms with E-state index in [-0.39, 0.29) is 16.9 Å². The average Bonchev–Trinajstić information content (AvgIpc) is 3.26. The summed E-state index contributed by atoms with van der Waals surface area (Å²) in [5, 5.41) is 7.93. The van der Waals surface area contributed by atoms with Crippen LogP contribution in [0.4, 0.5) is 5.69 Å². The van der Waals surface area contributed by atoms with Gasteiger partial charge in [-0.3, -0.25) is 19.5 Å². The largest absolute Gasteiger partial charge is 0.324 e. The average molecular weight is 475 g/mol. The molecule has 2 N–H and O–H groups in total. The van der Waals surface area contributed by atoms with E-state index in [1.807, 2.05) is 6.20 Å². The van der Waals surface area contributed by atoms with Crippen molar-refractivity contribution >= 4 is 65.6 Å². The Labute approximate surface area is 178 Å². The molecule has 5 rings (SSSR count). The molecule has 29 heavy (non-hydrogen) atoms. The molecule has 0 aliphatic carbocycles. The van der Waals surface area contributed by atoms with Gasteiger partial charge in [0.25, 0.3) is 5.56 Å². The van der Waals surface area contributed by atoms with Crippen LogP contribution in [0.2, 0.25) is 0 Å². The van der Waals surface area contributed by atoms with Crippen LogP contribution in [0.5, 0.6) is 0 Å². The molecule has 0 saturated carbocycles. The third-order valence-electron chi connectivity index (χ3n) is 5.28.